The summed E-state index contributed by atoms with van der Waals surface area (Å²) >= 11 is 0. The van der Waals surface area contributed by atoms with Crippen molar-refractivity contribution < 1.29 is 22.0 Å². The van der Waals surface area contributed by atoms with Crippen LogP contribution in [0.4, 0.5) is 25.0 Å². The van der Waals surface area contributed by atoms with E-state index in [1.54, 1.807) is 47.4 Å². The van der Waals surface area contributed by atoms with E-state index in [9.17, 15) is 22.0 Å². The molecule has 1 unspecified atom stereocenters. The molecule has 0 bridgehead atoms. The molecule has 3 aromatic carbocycles. The highest BCUT2D eigenvalue weighted by Gasteiger charge is 2.41. The molecule has 0 aliphatic carbocycles. The topological polar surface area (TPSA) is 83.7 Å². The van der Waals surface area contributed by atoms with Crippen LogP contribution < -0.4 is 14.9 Å². The fourth-order valence-electron chi connectivity index (χ4n) is 4.48. The average Bonchev–Trinajstić information content (AvgIpc) is 3.11. The molecule has 0 radical (unpaired) electrons. The first-order valence-corrected chi connectivity index (χ1v) is 11.6. The van der Waals surface area contributed by atoms with Gasteiger partial charge in [0.1, 0.15) is 16.5 Å². The number of sulfonamides is 1. The maximum atomic E-state index is 14.3. The Hall–Kier alpha value is -3.30. The Labute approximate surface area is 183 Å². The van der Waals surface area contributed by atoms with Crippen LogP contribution in [-0.2, 0) is 16.4 Å². The highest BCUT2D eigenvalue weighted by Crippen LogP contribution is 2.40. The number of urea groups is 1. The molecule has 5 rings (SSSR count). The van der Waals surface area contributed by atoms with Crippen LogP contribution in [0.25, 0.3) is 11.1 Å². The van der Waals surface area contributed by atoms with Crippen LogP contribution in [0.1, 0.15) is 12.0 Å². The quantitative estimate of drug-likeness (QED) is 0.647. The molecule has 164 valence electrons. The van der Waals surface area contributed by atoms with Gasteiger partial charge in [-0.25, -0.2) is 27.1 Å². The molecular weight excluding hydrogens is 436 g/mol. The van der Waals surface area contributed by atoms with Crippen LogP contribution in [0.5, 0.6) is 0 Å². The number of benzene rings is 3. The Balaban J connectivity index is 1.47. The first-order valence-electron chi connectivity index (χ1n) is 10.0. The minimum Gasteiger partial charge on any atom is -0.294 e. The van der Waals surface area contributed by atoms with E-state index in [0.717, 1.165) is 12.1 Å². The molecule has 1 fully saturated rings. The fourth-order valence-corrected chi connectivity index (χ4v) is 5.09. The van der Waals surface area contributed by atoms with Crippen molar-refractivity contribution in [3.05, 3.63) is 77.9 Å². The Morgan fingerprint density at radius 2 is 1.69 bits per heavy atom. The largest absolute Gasteiger partial charge is 0.329 e. The summed E-state index contributed by atoms with van der Waals surface area (Å²) in [4.78, 5) is 15.8. The lowest BCUT2D eigenvalue weighted by Gasteiger charge is -2.38. The number of nitrogens with two attached hydrogens (primary N) is 1. The van der Waals surface area contributed by atoms with Gasteiger partial charge in [0, 0.05) is 23.8 Å². The van der Waals surface area contributed by atoms with E-state index in [2.05, 4.69) is 0 Å². The lowest BCUT2D eigenvalue weighted by Crippen LogP contribution is -2.53. The number of nitrogens with zero attached hydrogens (tertiary/aromatic N) is 2. The van der Waals surface area contributed by atoms with Gasteiger partial charge in [0.15, 0.2) is 0 Å². The van der Waals surface area contributed by atoms with Crippen LogP contribution in [-0.4, -0.2) is 27.0 Å². The van der Waals surface area contributed by atoms with E-state index in [4.69, 9.17) is 5.14 Å². The van der Waals surface area contributed by atoms with Gasteiger partial charge < -0.3 is 0 Å². The summed E-state index contributed by atoms with van der Waals surface area (Å²) in [5.74, 6) is -1.25. The van der Waals surface area contributed by atoms with E-state index >= 15 is 0 Å². The van der Waals surface area contributed by atoms with Gasteiger partial charge >= 0.3 is 6.03 Å². The summed E-state index contributed by atoms with van der Waals surface area (Å²) in [6, 6.07) is 15.2. The number of anilines is 2. The minimum absolute atomic E-state index is 0.179. The minimum atomic E-state index is -4.27. The summed E-state index contributed by atoms with van der Waals surface area (Å²) < 4.78 is 51.8. The third-order valence-corrected chi connectivity index (χ3v) is 6.93. The number of carbonyl (C=O) groups excluding carboxylic acids is 1. The first-order chi connectivity index (χ1) is 15.2. The zero-order chi connectivity index (χ0) is 22.6. The molecule has 9 heteroatoms. The molecule has 1 saturated heterocycles. The first kappa shape index (κ1) is 20.6. The van der Waals surface area contributed by atoms with Crippen molar-refractivity contribution in [3.8, 4) is 11.1 Å². The number of fused-ring (bicyclic) bond motifs is 3. The zero-order valence-corrected chi connectivity index (χ0v) is 17.6. The number of halogens is 2. The smallest absolute Gasteiger partial charge is 0.294 e. The van der Waals surface area contributed by atoms with Crippen LogP contribution in [0.15, 0.2) is 65.6 Å². The van der Waals surface area contributed by atoms with Gasteiger partial charge in [-0.15, -0.1) is 0 Å². The number of rotatable bonds is 3. The van der Waals surface area contributed by atoms with Crippen molar-refractivity contribution in [2.75, 3.05) is 16.3 Å². The molecule has 2 aliphatic rings. The predicted molar refractivity (Wildman–Crippen MR) is 117 cm³/mol. The third kappa shape index (κ3) is 3.34. The van der Waals surface area contributed by atoms with Crippen LogP contribution in [0, 0.1) is 11.6 Å². The predicted octanol–water partition coefficient (Wildman–Crippen LogP) is 4.04. The van der Waals surface area contributed by atoms with Crippen molar-refractivity contribution >= 4 is 27.4 Å². The van der Waals surface area contributed by atoms with Gasteiger partial charge in [0.2, 0.25) is 10.0 Å². The summed E-state index contributed by atoms with van der Waals surface area (Å²) in [6.45, 7) is 0.456. The van der Waals surface area contributed by atoms with Gasteiger partial charge in [-0.1, -0.05) is 30.3 Å². The second-order valence-corrected chi connectivity index (χ2v) is 9.46. The van der Waals surface area contributed by atoms with Crippen molar-refractivity contribution in [3.63, 3.8) is 0 Å². The number of carbonyl (C=O) groups is 1. The Morgan fingerprint density at radius 1 is 0.969 bits per heavy atom. The zero-order valence-electron chi connectivity index (χ0n) is 16.8. The number of amides is 2. The molecule has 3 aromatic rings. The summed E-state index contributed by atoms with van der Waals surface area (Å²) in [6.07, 6.45) is 1.07. The third-order valence-electron chi connectivity index (χ3n) is 6.01. The lowest BCUT2D eigenvalue weighted by molar-refractivity contribution is 0.245. The molecular formula is C23H19F2N3O3S. The van der Waals surface area contributed by atoms with Gasteiger partial charge in [0.05, 0.1) is 5.69 Å². The second-order valence-electron chi connectivity index (χ2n) is 7.93. The molecule has 2 heterocycles. The molecule has 1 atom stereocenters. The average molecular weight is 455 g/mol. The van der Waals surface area contributed by atoms with Crippen molar-refractivity contribution in [2.24, 2.45) is 5.14 Å². The Bertz CT molecular complexity index is 1340. The van der Waals surface area contributed by atoms with Crippen LogP contribution in [0.2, 0.25) is 0 Å². The SMILES string of the molecule is NS(=O)(=O)c1cc2c(cc1F)CC1CCN(c3ccc(-c4ccccc4F)cc3)C(=O)N21. The standard InChI is InChI=1S/C23H19F2N3O3S/c24-19-4-2-1-3-18(19)14-5-7-16(8-6-14)27-10-9-17-11-15-12-20(25)22(32(26,30)31)13-21(15)28(17)23(27)29/h1-8,12-13,17H,9-11H2,(H2,26,30,31). The number of hydrogen-bond donors (Lipinski definition) is 1. The van der Waals surface area contributed by atoms with Crippen LogP contribution >= 0.6 is 0 Å². The van der Waals surface area contributed by atoms with Gasteiger partial charge in [-0.05, 0) is 54.3 Å². The number of primary sulfonamides is 1. The van der Waals surface area contributed by atoms with E-state index < -0.39 is 20.7 Å². The van der Waals surface area contributed by atoms with Gasteiger partial charge in [0.25, 0.3) is 0 Å². The van der Waals surface area contributed by atoms with E-state index in [-0.39, 0.29) is 17.9 Å². The summed E-state index contributed by atoms with van der Waals surface area (Å²) in [5.41, 5.74) is 2.72. The summed E-state index contributed by atoms with van der Waals surface area (Å²) in [7, 11) is -4.27. The van der Waals surface area contributed by atoms with Crippen molar-refractivity contribution in [1.29, 1.82) is 0 Å². The molecule has 0 aromatic heterocycles. The van der Waals surface area contributed by atoms with E-state index in [1.807, 2.05) is 0 Å². The Kier molecular flexibility index (Phi) is 4.75. The van der Waals surface area contributed by atoms with Gasteiger partial charge in [-0.3, -0.25) is 9.80 Å². The van der Waals surface area contributed by atoms with Crippen molar-refractivity contribution in [1.82, 2.24) is 0 Å². The maximum absolute atomic E-state index is 14.3. The highest BCUT2D eigenvalue weighted by molar-refractivity contribution is 7.89. The van der Waals surface area contributed by atoms with E-state index in [0.29, 0.717) is 47.5 Å². The molecule has 0 saturated carbocycles. The van der Waals surface area contributed by atoms with Gasteiger partial charge in [-0.2, -0.15) is 0 Å². The van der Waals surface area contributed by atoms with E-state index in [1.165, 1.54) is 11.0 Å². The van der Waals surface area contributed by atoms with Crippen molar-refractivity contribution in [2.45, 2.75) is 23.8 Å². The highest BCUT2D eigenvalue weighted by atomic mass is 32.2. The Morgan fingerprint density at radius 3 is 2.38 bits per heavy atom. The molecule has 2 N–H and O–H groups in total. The monoisotopic (exact) mass is 455 g/mol. The molecule has 2 amide bonds. The van der Waals surface area contributed by atoms with Crippen LogP contribution in [0.3, 0.4) is 0 Å². The molecule has 0 spiro atoms. The molecule has 32 heavy (non-hydrogen) atoms. The normalized spacial score (nSPS) is 18.0. The molecule has 2 aliphatic heterocycles. The maximum Gasteiger partial charge on any atom is 0.329 e. The number of hydrogen-bond acceptors (Lipinski definition) is 3. The molecule has 6 nitrogen and oxygen atoms in total. The fraction of sp³-hybridized carbons (Fsp3) is 0.174. The second kappa shape index (κ2) is 7.39. The lowest BCUT2D eigenvalue weighted by atomic mass is 10.0. The summed E-state index contributed by atoms with van der Waals surface area (Å²) in [5, 5.41) is 5.14.